The number of aliphatic hydroxyl groups is 2. The van der Waals surface area contributed by atoms with Gasteiger partial charge in [-0.1, -0.05) is 48.5 Å². The molecule has 0 spiro atoms. The van der Waals surface area contributed by atoms with Crippen molar-refractivity contribution in [2.24, 2.45) is 0 Å². The number of nitrogens with one attached hydrogen (secondary N) is 1. The summed E-state index contributed by atoms with van der Waals surface area (Å²) in [5, 5.41) is 33.4. The SMILES string of the molecule is O=C(NCC(O)C(O)c1ccc([N+](=O)[O-])cn1)OCC1c2ccccc2-c2ccccc21. The summed E-state index contributed by atoms with van der Waals surface area (Å²) < 4.78 is 5.38. The number of hydrogen-bond donors (Lipinski definition) is 3. The lowest BCUT2D eigenvalue weighted by atomic mass is 9.98. The van der Waals surface area contributed by atoms with Crippen LogP contribution in [-0.2, 0) is 4.74 Å². The third-order valence-corrected chi connectivity index (χ3v) is 5.45. The van der Waals surface area contributed by atoms with Crippen molar-refractivity contribution in [3.8, 4) is 11.1 Å². The van der Waals surface area contributed by atoms with Gasteiger partial charge in [0.1, 0.15) is 25.0 Å². The lowest BCUT2D eigenvalue weighted by Crippen LogP contribution is -2.36. The van der Waals surface area contributed by atoms with Gasteiger partial charge in [0.2, 0.25) is 0 Å². The molecule has 1 aromatic heterocycles. The second kappa shape index (κ2) is 9.13. The van der Waals surface area contributed by atoms with Gasteiger partial charge in [0.05, 0.1) is 10.6 Å². The van der Waals surface area contributed by atoms with E-state index in [1.54, 1.807) is 0 Å². The minimum Gasteiger partial charge on any atom is -0.449 e. The van der Waals surface area contributed by atoms with Crippen LogP contribution in [0.25, 0.3) is 11.1 Å². The lowest BCUT2D eigenvalue weighted by Gasteiger charge is -2.18. The molecule has 1 aliphatic rings. The van der Waals surface area contributed by atoms with Crippen molar-refractivity contribution in [3.05, 3.63) is 93.8 Å². The van der Waals surface area contributed by atoms with Gasteiger partial charge in [-0.3, -0.25) is 15.1 Å². The fourth-order valence-corrected chi connectivity index (χ4v) is 3.83. The molecule has 1 aliphatic carbocycles. The van der Waals surface area contributed by atoms with E-state index < -0.39 is 23.2 Å². The highest BCUT2D eigenvalue weighted by Gasteiger charge is 2.29. The van der Waals surface area contributed by atoms with Gasteiger partial charge in [0.25, 0.3) is 5.69 Å². The number of alkyl carbamates (subject to hydrolysis) is 1. The van der Waals surface area contributed by atoms with E-state index in [1.165, 1.54) is 12.1 Å². The van der Waals surface area contributed by atoms with Gasteiger partial charge in [0, 0.05) is 18.5 Å². The summed E-state index contributed by atoms with van der Waals surface area (Å²) >= 11 is 0. The first-order valence-corrected chi connectivity index (χ1v) is 10.0. The number of hydrogen-bond acceptors (Lipinski definition) is 7. The number of nitrogens with zero attached hydrogens (tertiary/aromatic N) is 2. The summed E-state index contributed by atoms with van der Waals surface area (Å²) in [7, 11) is 0. The predicted octanol–water partition coefficient (Wildman–Crippen LogP) is 2.92. The van der Waals surface area contributed by atoms with Crippen LogP contribution in [-0.4, -0.2) is 45.5 Å². The third-order valence-electron chi connectivity index (χ3n) is 5.45. The summed E-state index contributed by atoms with van der Waals surface area (Å²) in [5.41, 5.74) is 4.23. The minimum atomic E-state index is -1.43. The van der Waals surface area contributed by atoms with Gasteiger partial charge in [-0.05, 0) is 28.3 Å². The number of aromatic nitrogens is 1. The van der Waals surface area contributed by atoms with Crippen molar-refractivity contribution in [2.75, 3.05) is 13.2 Å². The molecule has 0 fully saturated rings. The summed E-state index contributed by atoms with van der Waals surface area (Å²) in [6.45, 7) is -0.154. The van der Waals surface area contributed by atoms with E-state index in [2.05, 4.69) is 10.3 Å². The van der Waals surface area contributed by atoms with Gasteiger partial charge in [-0.2, -0.15) is 0 Å². The standard InChI is InChI=1S/C23H21N3O6/c27-21(22(28)20-10-9-14(11-24-20)26(30)31)12-25-23(29)32-13-19-17-7-3-1-5-15(17)16-6-2-4-8-18(16)19/h1-11,19,21-22,27-28H,12-13H2,(H,25,29). The average Bonchev–Trinajstić information content (AvgIpc) is 3.14. The zero-order chi connectivity index (χ0) is 22.7. The van der Waals surface area contributed by atoms with Crippen LogP contribution in [0.2, 0.25) is 0 Å². The monoisotopic (exact) mass is 435 g/mol. The molecule has 0 bridgehead atoms. The van der Waals surface area contributed by atoms with Crippen molar-refractivity contribution in [1.29, 1.82) is 0 Å². The summed E-state index contributed by atoms with van der Waals surface area (Å²) in [6.07, 6.45) is -2.53. The normalized spacial score (nSPS) is 14.2. The Morgan fingerprint density at radius 1 is 1.06 bits per heavy atom. The number of rotatable bonds is 7. The molecule has 0 aliphatic heterocycles. The van der Waals surface area contributed by atoms with Crippen LogP contribution in [0.15, 0.2) is 66.9 Å². The van der Waals surface area contributed by atoms with Crippen LogP contribution in [0.5, 0.6) is 0 Å². The van der Waals surface area contributed by atoms with Gasteiger partial charge in [-0.25, -0.2) is 4.79 Å². The Kier molecular flexibility index (Phi) is 6.11. The Morgan fingerprint density at radius 2 is 1.69 bits per heavy atom. The lowest BCUT2D eigenvalue weighted by molar-refractivity contribution is -0.385. The number of nitro groups is 1. The maximum Gasteiger partial charge on any atom is 0.407 e. The smallest absolute Gasteiger partial charge is 0.407 e. The van der Waals surface area contributed by atoms with Crippen LogP contribution in [0.3, 0.4) is 0 Å². The van der Waals surface area contributed by atoms with Gasteiger partial charge in [0.15, 0.2) is 0 Å². The zero-order valence-corrected chi connectivity index (χ0v) is 16.9. The number of carbonyl (C=O) groups excluding carboxylic acids is 1. The van der Waals surface area contributed by atoms with Crippen molar-refractivity contribution >= 4 is 11.8 Å². The maximum absolute atomic E-state index is 12.2. The fraction of sp³-hybridized carbons (Fsp3) is 0.217. The Bertz CT molecular complexity index is 1090. The van der Waals surface area contributed by atoms with Crippen molar-refractivity contribution < 1.29 is 24.7 Å². The molecule has 2 unspecified atom stereocenters. The van der Waals surface area contributed by atoms with Crippen LogP contribution in [0.4, 0.5) is 10.5 Å². The molecule has 0 saturated heterocycles. The van der Waals surface area contributed by atoms with E-state index in [0.29, 0.717) is 0 Å². The average molecular weight is 435 g/mol. The first-order chi connectivity index (χ1) is 15.5. The molecule has 3 aromatic rings. The molecule has 3 N–H and O–H groups in total. The molecule has 9 nitrogen and oxygen atoms in total. The predicted molar refractivity (Wildman–Crippen MR) is 115 cm³/mol. The molecule has 32 heavy (non-hydrogen) atoms. The molecule has 2 atom stereocenters. The van der Waals surface area contributed by atoms with E-state index in [-0.39, 0.29) is 30.5 Å². The fourth-order valence-electron chi connectivity index (χ4n) is 3.83. The molecular formula is C23H21N3O6. The molecular weight excluding hydrogens is 414 g/mol. The minimum absolute atomic E-state index is 0.0532. The summed E-state index contributed by atoms with van der Waals surface area (Å²) in [6, 6.07) is 18.4. The third kappa shape index (κ3) is 4.29. The van der Waals surface area contributed by atoms with Crippen LogP contribution < -0.4 is 5.32 Å². The highest BCUT2D eigenvalue weighted by atomic mass is 16.6. The Labute approximate surface area is 183 Å². The van der Waals surface area contributed by atoms with Crippen LogP contribution >= 0.6 is 0 Å². The van der Waals surface area contributed by atoms with Crippen LogP contribution in [0, 0.1) is 10.1 Å². The molecule has 0 radical (unpaired) electrons. The number of aliphatic hydroxyl groups excluding tert-OH is 2. The molecule has 1 heterocycles. The number of fused-ring (bicyclic) bond motifs is 3. The maximum atomic E-state index is 12.2. The van der Waals surface area contributed by atoms with E-state index in [9.17, 15) is 25.1 Å². The molecule has 2 aromatic carbocycles. The van der Waals surface area contributed by atoms with Crippen LogP contribution in [0.1, 0.15) is 28.8 Å². The Morgan fingerprint density at radius 3 is 2.25 bits per heavy atom. The zero-order valence-electron chi connectivity index (χ0n) is 16.9. The highest BCUT2D eigenvalue weighted by molar-refractivity contribution is 5.79. The highest BCUT2D eigenvalue weighted by Crippen LogP contribution is 2.44. The first-order valence-electron chi connectivity index (χ1n) is 10.0. The molecule has 164 valence electrons. The first kappa shape index (κ1) is 21.4. The Hall–Kier alpha value is -3.82. The van der Waals surface area contributed by atoms with Crippen molar-refractivity contribution in [3.63, 3.8) is 0 Å². The molecule has 1 amide bonds. The molecule has 0 saturated carbocycles. The van der Waals surface area contributed by atoms with Gasteiger partial charge < -0.3 is 20.3 Å². The number of ether oxygens (including phenoxy) is 1. The van der Waals surface area contributed by atoms with Crippen molar-refractivity contribution in [1.82, 2.24) is 10.3 Å². The van der Waals surface area contributed by atoms with Gasteiger partial charge in [-0.15, -0.1) is 0 Å². The second-order valence-corrected chi connectivity index (χ2v) is 7.42. The topological polar surface area (TPSA) is 135 Å². The largest absolute Gasteiger partial charge is 0.449 e. The second-order valence-electron chi connectivity index (χ2n) is 7.42. The summed E-state index contributed by atoms with van der Waals surface area (Å²) in [4.78, 5) is 26.0. The summed E-state index contributed by atoms with van der Waals surface area (Å²) in [5.74, 6) is -0.0898. The molecule has 9 heteroatoms. The van der Waals surface area contributed by atoms with Gasteiger partial charge >= 0.3 is 6.09 Å². The number of carbonyl (C=O) groups is 1. The molecule has 4 rings (SSSR count). The number of benzene rings is 2. The quantitative estimate of drug-likeness (QED) is 0.384. The number of amides is 1. The number of pyridine rings is 1. The van der Waals surface area contributed by atoms with E-state index in [1.807, 2.05) is 48.5 Å². The van der Waals surface area contributed by atoms with E-state index >= 15 is 0 Å². The van der Waals surface area contributed by atoms with E-state index in [4.69, 9.17) is 4.74 Å². The van der Waals surface area contributed by atoms with E-state index in [0.717, 1.165) is 28.5 Å². The Balaban J connectivity index is 1.32. The van der Waals surface area contributed by atoms with Crippen molar-refractivity contribution in [2.45, 2.75) is 18.1 Å².